The summed E-state index contributed by atoms with van der Waals surface area (Å²) in [4.78, 5) is 20.1. The molecule has 0 unspecified atom stereocenters. The van der Waals surface area contributed by atoms with Gasteiger partial charge in [0.05, 0.1) is 18.4 Å². The van der Waals surface area contributed by atoms with Crippen LogP contribution in [0.3, 0.4) is 0 Å². The third-order valence-electron chi connectivity index (χ3n) is 6.76. The van der Waals surface area contributed by atoms with Gasteiger partial charge in [-0.25, -0.2) is 4.79 Å². The average molecular weight is 439 g/mol. The molecule has 5 nitrogen and oxygen atoms in total. The number of halogens is 1. The second-order valence-electron chi connectivity index (χ2n) is 8.96. The van der Waals surface area contributed by atoms with Crippen LogP contribution < -0.4 is 0 Å². The molecule has 0 N–H and O–H groups in total. The summed E-state index contributed by atoms with van der Waals surface area (Å²) >= 11 is 6.49. The van der Waals surface area contributed by atoms with Gasteiger partial charge in [-0.05, 0) is 53.6 Å². The fraction of sp³-hybridized carbons (Fsp3) is 0.440. The summed E-state index contributed by atoms with van der Waals surface area (Å²) in [5.74, 6) is 0.410. The van der Waals surface area contributed by atoms with Gasteiger partial charge >= 0.3 is 5.97 Å². The molecule has 31 heavy (non-hydrogen) atoms. The third kappa shape index (κ3) is 4.35. The van der Waals surface area contributed by atoms with Gasteiger partial charge in [0.25, 0.3) is 0 Å². The standard InChI is InChI=1S/C25H27ClN2O3/c1-30-24(29)19-6-4-18(5-7-19)23-15-25(31-27-23)10-12-28(13-11-25)16-21-14-20(17-2-3-17)8-9-22(21)26/h4-9,14,17H,2-3,10-13,15-16H2,1H3. The lowest BCUT2D eigenvalue weighted by Crippen LogP contribution is -2.44. The number of hydrogen-bond acceptors (Lipinski definition) is 5. The quantitative estimate of drug-likeness (QED) is 0.605. The molecule has 1 spiro atoms. The van der Waals surface area contributed by atoms with Gasteiger partial charge in [0.2, 0.25) is 0 Å². The van der Waals surface area contributed by atoms with E-state index in [2.05, 4.69) is 28.3 Å². The number of oxime groups is 1. The molecule has 6 heteroatoms. The summed E-state index contributed by atoms with van der Waals surface area (Å²) in [6.45, 7) is 2.82. The topological polar surface area (TPSA) is 51.1 Å². The van der Waals surface area contributed by atoms with Crippen molar-refractivity contribution in [2.75, 3.05) is 20.2 Å². The first-order valence-corrected chi connectivity index (χ1v) is 11.4. The number of esters is 1. The van der Waals surface area contributed by atoms with E-state index >= 15 is 0 Å². The number of hydrogen-bond donors (Lipinski definition) is 0. The molecular formula is C25H27ClN2O3. The molecule has 2 aliphatic heterocycles. The van der Waals surface area contributed by atoms with Gasteiger partial charge in [0.15, 0.2) is 0 Å². The van der Waals surface area contributed by atoms with Crippen LogP contribution in [0.25, 0.3) is 0 Å². The number of carbonyl (C=O) groups excluding carboxylic acids is 1. The highest BCUT2D eigenvalue weighted by Crippen LogP contribution is 2.41. The molecule has 1 saturated heterocycles. The lowest BCUT2D eigenvalue weighted by molar-refractivity contribution is -0.0626. The van der Waals surface area contributed by atoms with Crippen LogP contribution in [0.2, 0.25) is 5.02 Å². The average Bonchev–Trinajstić information content (AvgIpc) is 3.57. The van der Waals surface area contributed by atoms with Crippen molar-refractivity contribution < 1.29 is 14.4 Å². The highest BCUT2D eigenvalue weighted by atomic mass is 35.5. The van der Waals surface area contributed by atoms with Crippen molar-refractivity contribution in [2.24, 2.45) is 5.16 Å². The number of nitrogens with zero attached hydrogens (tertiary/aromatic N) is 2. The molecule has 2 fully saturated rings. The van der Waals surface area contributed by atoms with E-state index in [0.29, 0.717) is 5.56 Å². The Kier molecular flexibility index (Phi) is 5.49. The van der Waals surface area contributed by atoms with Gasteiger partial charge in [0, 0.05) is 43.9 Å². The van der Waals surface area contributed by atoms with Gasteiger partial charge in [-0.15, -0.1) is 0 Å². The first kappa shape index (κ1) is 20.5. The molecule has 0 atom stereocenters. The summed E-state index contributed by atoms with van der Waals surface area (Å²) in [5.41, 5.74) is 4.94. The highest BCUT2D eigenvalue weighted by Gasteiger charge is 2.42. The van der Waals surface area contributed by atoms with Crippen LogP contribution in [0.5, 0.6) is 0 Å². The Morgan fingerprint density at radius 1 is 1.19 bits per heavy atom. The van der Waals surface area contributed by atoms with E-state index in [1.165, 1.54) is 31.1 Å². The molecule has 0 amide bonds. The van der Waals surface area contributed by atoms with Gasteiger partial charge in [0.1, 0.15) is 5.60 Å². The number of methoxy groups -OCH3 is 1. The van der Waals surface area contributed by atoms with Gasteiger partial charge < -0.3 is 9.57 Å². The third-order valence-corrected chi connectivity index (χ3v) is 7.13. The van der Waals surface area contributed by atoms with Crippen LogP contribution in [0, 0.1) is 0 Å². The van der Waals surface area contributed by atoms with E-state index in [1.807, 2.05) is 12.1 Å². The van der Waals surface area contributed by atoms with Crippen molar-refractivity contribution >= 4 is 23.3 Å². The van der Waals surface area contributed by atoms with Crippen molar-refractivity contribution in [3.63, 3.8) is 0 Å². The largest absolute Gasteiger partial charge is 0.465 e. The normalized spacial score (nSPS) is 20.4. The van der Waals surface area contributed by atoms with E-state index in [9.17, 15) is 4.79 Å². The second-order valence-corrected chi connectivity index (χ2v) is 9.37. The van der Waals surface area contributed by atoms with E-state index in [-0.39, 0.29) is 11.6 Å². The Hall–Kier alpha value is -2.37. The molecule has 0 aromatic heterocycles. The molecule has 2 aromatic rings. The maximum Gasteiger partial charge on any atom is 0.337 e. The summed E-state index contributed by atoms with van der Waals surface area (Å²) in [5, 5.41) is 5.26. The SMILES string of the molecule is COC(=O)c1ccc(C2=NOC3(CCN(Cc4cc(C5CC5)ccc4Cl)CC3)C2)cc1. The van der Waals surface area contributed by atoms with Crippen LogP contribution in [-0.4, -0.2) is 42.4 Å². The van der Waals surface area contributed by atoms with E-state index in [4.69, 9.17) is 21.2 Å². The predicted octanol–water partition coefficient (Wildman–Crippen LogP) is 5.16. The molecule has 0 radical (unpaired) electrons. The molecular weight excluding hydrogens is 412 g/mol. The molecule has 2 aromatic carbocycles. The van der Waals surface area contributed by atoms with E-state index < -0.39 is 0 Å². The molecule has 162 valence electrons. The monoisotopic (exact) mass is 438 g/mol. The number of carbonyl (C=O) groups is 1. The van der Waals surface area contributed by atoms with Gasteiger partial charge in [-0.1, -0.05) is 41.0 Å². The summed E-state index contributed by atoms with van der Waals surface area (Å²) in [6, 6.07) is 13.9. The van der Waals surface area contributed by atoms with Crippen molar-refractivity contribution in [2.45, 2.75) is 50.2 Å². The lowest BCUT2D eigenvalue weighted by Gasteiger charge is -2.37. The summed E-state index contributed by atoms with van der Waals surface area (Å²) < 4.78 is 4.77. The molecule has 2 heterocycles. The minimum Gasteiger partial charge on any atom is -0.465 e. The smallest absolute Gasteiger partial charge is 0.337 e. The fourth-order valence-electron chi connectivity index (χ4n) is 4.61. The molecule has 1 saturated carbocycles. The Bertz CT molecular complexity index is 1010. The maximum absolute atomic E-state index is 11.6. The fourth-order valence-corrected chi connectivity index (χ4v) is 4.78. The predicted molar refractivity (Wildman–Crippen MR) is 121 cm³/mol. The molecule has 1 aliphatic carbocycles. The Morgan fingerprint density at radius 3 is 2.61 bits per heavy atom. The van der Waals surface area contributed by atoms with Gasteiger partial charge in [-0.3, -0.25) is 4.90 Å². The van der Waals surface area contributed by atoms with Crippen molar-refractivity contribution in [1.29, 1.82) is 0 Å². The number of likely N-dealkylation sites (tertiary alicyclic amines) is 1. The minimum atomic E-state index is -0.331. The number of piperidine rings is 1. The van der Waals surface area contributed by atoms with Crippen molar-refractivity contribution in [3.05, 3.63) is 69.7 Å². The maximum atomic E-state index is 11.6. The zero-order valence-electron chi connectivity index (χ0n) is 17.8. The van der Waals surface area contributed by atoms with Crippen LogP contribution in [0.15, 0.2) is 47.6 Å². The summed E-state index contributed by atoms with van der Waals surface area (Å²) in [7, 11) is 1.39. The zero-order valence-corrected chi connectivity index (χ0v) is 18.5. The van der Waals surface area contributed by atoms with Crippen LogP contribution in [0.1, 0.15) is 65.1 Å². The molecule has 0 bridgehead atoms. The highest BCUT2D eigenvalue weighted by molar-refractivity contribution is 6.31. The first-order chi connectivity index (χ1) is 15.0. The Balaban J connectivity index is 1.18. The Morgan fingerprint density at radius 2 is 1.94 bits per heavy atom. The zero-order chi connectivity index (χ0) is 21.4. The second kappa shape index (κ2) is 8.29. The van der Waals surface area contributed by atoms with E-state index in [1.54, 1.807) is 12.1 Å². The molecule has 3 aliphatic rings. The number of ether oxygens (including phenoxy) is 1. The first-order valence-electron chi connectivity index (χ1n) is 11.0. The van der Waals surface area contributed by atoms with Crippen molar-refractivity contribution in [1.82, 2.24) is 4.90 Å². The van der Waals surface area contributed by atoms with Crippen LogP contribution in [0.4, 0.5) is 0 Å². The van der Waals surface area contributed by atoms with Crippen LogP contribution in [-0.2, 0) is 16.1 Å². The van der Waals surface area contributed by atoms with E-state index in [0.717, 1.165) is 61.1 Å². The number of benzene rings is 2. The molecule has 5 rings (SSSR count). The minimum absolute atomic E-state index is 0.216. The van der Waals surface area contributed by atoms with Crippen LogP contribution >= 0.6 is 11.6 Å². The summed E-state index contributed by atoms with van der Waals surface area (Å²) in [6.07, 6.45) is 5.30. The van der Waals surface area contributed by atoms with Gasteiger partial charge in [-0.2, -0.15) is 0 Å². The Labute approximate surface area is 188 Å². The lowest BCUT2D eigenvalue weighted by atomic mass is 9.85. The number of rotatable bonds is 5. The van der Waals surface area contributed by atoms with Crippen molar-refractivity contribution in [3.8, 4) is 0 Å².